The minimum Gasteiger partial charge on any atom is -0.339 e. The highest BCUT2D eigenvalue weighted by molar-refractivity contribution is 14.1. The van der Waals surface area contributed by atoms with Crippen LogP contribution in [0.1, 0.15) is 6.42 Å². The molecule has 1 saturated heterocycles. The van der Waals surface area contributed by atoms with Crippen molar-refractivity contribution in [3.63, 3.8) is 0 Å². The van der Waals surface area contributed by atoms with Crippen molar-refractivity contribution in [1.29, 1.82) is 0 Å². The lowest BCUT2D eigenvalue weighted by Gasteiger charge is -2.12. The number of halogens is 2. The van der Waals surface area contributed by atoms with Crippen molar-refractivity contribution in [2.75, 3.05) is 17.5 Å². The molecule has 10 heavy (non-hydrogen) atoms. The Kier molecular flexibility index (Phi) is 2.88. The van der Waals surface area contributed by atoms with Gasteiger partial charge in [0.1, 0.15) is 6.17 Å². The van der Waals surface area contributed by atoms with Crippen LogP contribution in [0.15, 0.2) is 0 Å². The van der Waals surface area contributed by atoms with Gasteiger partial charge in [0.15, 0.2) is 0 Å². The van der Waals surface area contributed by atoms with Gasteiger partial charge in [-0.05, 0) is 6.42 Å². The molecule has 1 amide bonds. The van der Waals surface area contributed by atoms with Gasteiger partial charge >= 0.3 is 0 Å². The van der Waals surface area contributed by atoms with E-state index in [9.17, 15) is 9.18 Å². The van der Waals surface area contributed by atoms with Crippen molar-refractivity contribution in [2.45, 2.75) is 12.6 Å². The molecule has 0 spiro atoms. The molecule has 0 saturated carbocycles. The highest BCUT2D eigenvalue weighted by Crippen LogP contribution is 2.12. The quantitative estimate of drug-likeness (QED) is 0.506. The molecule has 0 bridgehead atoms. The van der Waals surface area contributed by atoms with Crippen LogP contribution in [0, 0.1) is 0 Å². The lowest BCUT2D eigenvalue weighted by atomic mass is 10.3. The molecule has 1 fully saturated rings. The minimum atomic E-state index is -0.785. The van der Waals surface area contributed by atoms with Gasteiger partial charge in [0, 0.05) is 6.54 Å². The summed E-state index contributed by atoms with van der Waals surface area (Å²) in [7, 11) is 0. The third kappa shape index (κ3) is 1.81. The fourth-order valence-corrected chi connectivity index (χ4v) is 1.51. The Morgan fingerprint density at radius 1 is 1.80 bits per heavy atom. The van der Waals surface area contributed by atoms with Gasteiger partial charge in [0.25, 0.3) is 0 Å². The minimum absolute atomic E-state index is 0.0563. The van der Waals surface area contributed by atoms with Gasteiger partial charge in [0.2, 0.25) is 5.91 Å². The van der Waals surface area contributed by atoms with Crippen LogP contribution in [0.2, 0.25) is 0 Å². The summed E-state index contributed by atoms with van der Waals surface area (Å²) in [5, 5.41) is 0. The maximum Gasteiger partial charge on any atom is 0.232 e. The van der Waals surface area contributed by atoms with Crippen LogP contribution in [0.4, 0.5) is 4.39 Å². The largest absolute Gasteiger partial charge is 0.339 e. The first-order valence-corrected chi connectivity index (χ1v) is 4.74. The van der Waals surface area contributed by atoms with Crippen LogP contribution in [0.5, 0.6) is 0 Å². The first-order valence-electron chi connectivity index (χ1n) is 3.22. The average Bonchev–Trinajstić information content (AvgIpc) is 2.34. The number of hydrogen-bond donors (Lipinski definition) is 0. The van der Waals surface area contributed by atoms with Crippen LogP contribution in [-0.4, -0.2) is 34.5 Å². The van der Waals surface area contributed by atoms with Crippen molar-refractivity contribution in [3.05, 3.63) is 0 Å². The van der Waals surface area contributed by atoms with Crippen molar-refractivity contribution in [2.24, 2.45) is 0 Å². The molecular formula is C6H9FINO. The van der Waals surface area contributed by atoms with E-state index in [0.29, 0.717) is 23.9 Å². The predicted molar refractivity (Wildman–Crippen MR) is 45.0 cm³/mol. The van der Waals surface area contributed by atoms with Crippen LogP contribution in [0.3, 0.4) is 0 Å². The number of rotatable bonds is 1. The molecule has 1 aliphatic heterocycles. The Labute approximate surface area is 72.9 Å². The molecular weight excluding hydrogens is 248 g/mol. The number of carbonyl (C=O) groups excluding carboxylic acids is 1. The Balaban J connectivity index is 2.37. The second kappa shape index (κ2) is 3.50. The van der Waals surface area contributed by atoms with Gasteiger partial charge in [-0.3, -0.25) is 4.79 Å². The number of alkyl halides is 2. The summed E-state index contributed by atoms with van der Waals surface area (Å²) >= 11 is 2.00. The molecule has 0 unspecified atom stereocenters. The SMILES string of the molecule is O=C(CI)N1CC[C@H](F)C1. The highest BCUT2D eigenvalue weighted by atomic mass is 127. The first kappa shape index (κ1) is 8.23. The lowest BCUT2D eigenvalue weighted by molar-refractivity contribution is -0.127. The fraction of sp³-hybridized carbons (Fsp3) is 0.833. The van der Waals surface area contributed by atoms with E-state index < -0.39 is 6.17 Å². The van der Waals surface area contributed by atoms with Crippen molar-refractivity contribution in [3.8, 4) is 0 Å². The highest BCUT2D eigenvalue weighted by Gasteiger charge is 2.24. The van der Waals surface area contributed by atoms with Crippen molar-refractivity contribution >= 4 is 28.5 Å². The first-order chi connectivity index (χ1) is 4.74. The third-order valence-electron chi connectivity index (χ3n) is 1.60. The molecule has 1 heterocycles. The number of nitrogens with zero attached hydrogens (tertiary/aromatic N) is 1. The summed E-state index contributed by atoms with van der Waals surface area (Å²) in [4.78, 5) is 12.5. The fourth-order valence-electron chi connectivity index (χ4n) is 1.03. The van der Waals surface area contributed by atoms with Crippen LogP contribution in [-0.2, 0) is 4.79 Å². The number of carbonyl (C=O) groups is 1. The van der Waals surface area contributed by atoms with Gasteiger partial charge in [-0.25, -0.2) is 4.39 Å². The van der Waals surface area contributed by atoms with E-state index in [0.717, 1.165) is 0 Å². The van der Waals surface area contributed by atoms with Gasteiger partial charge < -0.3 is 4.90 Å². The molecule has 1 atom stereocenters. The summed E-state index contributed by atoms with van der Waals surface area (Å²) < 4.78 is 12.9. The summed E-state index contributed by atoms with van der Waals surface area (Å²) in [6.45, 7) is 0.908. The van der Waals surface area contributed by atoms with Gasteiger partial charge in [0.05, 0.1) is 11.0 Å². The van der Waals surface area contributed by atoms with Crippen LogP contribution >= 0.6 is 22.6 Å². The standard InChI is InChI=1S/C6H9FINO/c7-5-1-2-9(4-5)6(10)3-8/h5H,1-4H2/t5-/m0/s1. The van der Waals surface area contributed by atoms with E-state index in [1.165, 1.54) is 0 Å². The Bertz CT molecular complexity index is 142. The molecule has 2 nitrogen and oxygen atoms in total. The normalized spacial score (nSPS) is 25.4. The monoisotopic (exact) mass is 257 g/mol. The van der Waals surface area contributed by atoms with Gasteiger partial charge in [-0.15, -0.1) is 0 Å². The molecule has 0 aromatic rings. The van der Waals surface area contributed by atoms with Crippen molar-refractivity contribution in [1.82, 2.24) is 4.90 Å². The van der Waals surface area contributed by atoms with E-state index in [-0.39, 0.29) is 5.91 Å². The lowest BCUT2D eigenvalue weighted by Crippen LogP contribution is -2.29. The molecule has 1 aliphatic rings. The molecule has 4 heteroatoms. The predicted octanol–water partition coefficient (Wildman–Crippen LogP) is 0.992. The van der Waals surface area contributed by atoms with E-state index in [2.05, 4.69) is 0 Å². The maximum absolute atomic E-state index is 12.5. The molecule has 1 rings (SSSR count). The number of amides is 1. The van der Waals surface area contributed by atoms with Gasteiger partial charge in [-0.2, -0.15) is 0 Å². The van der Waals surface area contributed by atoms with Crippen LogP contribution < -0.4 is 0 Å². The van der Waals surface area contributed by atoms with E-state index in [1.54, 1.807) is 4.90 Å². The summed E-state index contributed by atoms with van der Waals surface area (Å²) in [6.07, 6.45) is -0.269. The molecule has 58 valence electrons. The third-order valence-corrected chi connectivity index (χ3v) is 2.25. The zero-order chi connectivity index (χ0) is 7.56. The summed E-state index contributed by atoms with van der Waals surface area (Å²) in [5.74, 6) is 0.0563. The Hall–Kier alpha value is 0.130. The smallest absolute Gasteiger partial charge is 0.232 e. The molecule has 0 aromatic carbocycles. The van der Waals surface area contributed by atoms with Crippen molar-refractivity contribution < 1.29 is 9.18 Å². The van der Waals surface area contributed by atoms with Crippen LogP contribution in [0.25, 0.3) is 0 Å². The summed E-state index contributed by atoms with van der Waals surface area (Å²) in [5.41, 5.74) is 0. The molecule has 0 radical (unpaired) electrons. The second-order valence-electron chi connectivity index (χ2n) is 2.36. The van der Waals surface area contributed by atoms with Gasteiger partial charge in [-0.1, -0.05) is 22.6 Å². The maximum atomic E-state index is 12.5. The van der Waals surface area contributed by atoms with E-state index >= 15 is 0 Å². The number of hydrogen-bond acceptors (Lipinski definition) is 1. The molecule has 0 N–H and O–H groups in total. The molecule has 0 aromatic heterocycles. The zero-order valence-electron chi connectivity index (χ0n) is 5.52. The molecule has 0 aliphatic carbocycles. The second-order valence-corrected chi connectivity index (χ2v) is 3.12. The Morgan fingerprint density at radius 2 is 2.50 bits per heavy atom. The van der Waals surface area contributed by atoms with E-state index in [1.807, 2.05) is 22.6 Å². The summed E-state index contributed by atoms with van der Waals surface area (Å²) in [6, 6.07) is 0. The Morgan fingerprint density at radius 3 is 2.90 bits per heavy atom. The van der Waals surface area contributed by atoms with E-state index in [4.69, 9.17) is 0 Å². The topological polar surface area (TPSA) is 20.3 Å². The average molecular weight is 257 g/mol. The zero-order valence-corrected chi connectivity index (χ0v) is 7.67. The number of likely N-dealkylation sites (tertiary alicyclic amines) is 1.